The van der Waals surface area contributed by atoms with Gasteiger partial charge in [0, 0.05) is 39.0 Å². The van der Waals surface area contributed by atoms with E-state index in [1.165, 1.54) is 37.4 Å². The molecule has 12 heteroatoms. The van der Waals surface area contributed by atoms with Crippen LogP contribution in [0.25, 0.3) is 0 Å². The van der Waals surface area contributed by atoms with Gasteiger partial charge >= 0.3 is 6.18 Å². The number of aliphatic hydroxyl groups is 1. The molecule has 1 aromatic heterocycles. The van der Waals surface area contributed by atoms with Gasteiger partial charge in [0.15, 0.2) is 5.82 Å². The zero-order chi connectivity index (χ0) is 27.5. The number of alkyl halides is 3. The SMILES string of the molecule is CC(O)c1ccc(Oc2ccc(CNC(=O)C3(NC(=O)c4nccn4C)CCOC3)cc2)c(C(F)(F)F)c1. The highest BCUT2D eigenvalue weighted by atomic mass is 19.4. The number of halogens is 3. The van der Waals surface area contributed by atoms with E-state index in [1.807, 2.05) is 0 Å². The first-order valence-corrected chi connectivity index (χ1v) is 11.8. The van der Waals surface area contributed by atoms with Crippen LogP contribution in [-0.2, 0) is 29.3 Å². The molecule has 1 aliphatic heterocycles. The van der Waals surface area contributed by atoms with E-state index in [9.17, 15) is 27.9 Å². The number of rotatable bonds is 8. The van der Waals surface area contributed by atoms with E-state index in [-0.39, 0.29) is 36.7 Å². The molecule has 2 heterocycles. The van der Waals surface area contributed by atoms with Gasteiger partial charge in [0.1, 0.15) is 17.0 Å². The molecule has 2 aromatic carbocycles. The molecular weight excluding hydrogens is 505 g/mol. The molecule has 3 aromatic rings. The summed E-state index contributed by atoms with van der Waals surface area (Å²) in [4.78, 5) is 29.7. The lowest BCUT2D eigenvalue weighted by atomic mass is 9.97. The first-order chi connectivity index (χ1) is 18.0. The van der Waals surface area contributed by atoms with Crippen LogP contribution in [0.1, 0.15) is 46.8 Å². The molecule has 2 amide bonds. The lowest BCUT2D eigenvalue weighted by Crippen LogP contribution is -2.59. The molecule has 2 atom stereocenters. The molecule has 0 radical (unpaired) electrons. The van der Waals surface area contributed by atoms with Crippen LogP contribution < -0.4 is 15.4 Å². The molecule has 2 unspecified atom stereocenters. The van der Waals surface area contributed by atoms with E-state index in [4.69, 9.17) is 9.47 Å². The van der Waals surface area contributed by atoms with Crippen molar-refractivity contribution in [2.45, 2.75) is 37.7 Å². The van der Waals surface area contributed by atoms with Gasteiger partial charge in [-0.1, -0.05) is 18.2 Å². The summed E-state index contributed by atoms with van der Waals surface area (Å²) >= 11 is 0. The molecule has 1 fully saturated rings. The highest BCUT2D eigenvalue weighted by molar-refractivity contribution is 5.97. The molecule has 0 saturated carbocycles. The Kier molecular flexibility index (Phi) is 7.74. The van der Waals surface area contributed by atoms with E-state index in [2.05, 4.69) is 15.6 Å². The third kappa shape index (κ3) is 5.97. The van der Waals surface area contributed by atoms with E-state index in [0.717, 1.165) is 6.07 Å². The van der Waals surface area contributed by atoms with E-state index >= 15 is 0 Å². The second-order valence-corrected chi connectivity index (χ2v) is 9.06. The Morgan fingerprint density at radius 3 is 2.55 bits per heavy atom. The highest BCUT2D eigenvalue weighted by Gasteiger charge is 2.44. The largest absolute Gasteiger partial charge is 0.457 e. The van der Waals surface area contributed by atoms with Crippen LogP contribution in [-0.4, -0.2) is 45.2 Å². The first-order valence-electron chi connectivity index (χ1n) is 11.8. The maximum absolute atomic E-state index is 13.5. The van der Waals surface area contributed by atoms with Crippen molar-refractivity contribution < 1.29 is 37.3 Å². The summed E-state index contributed by atoms with van der Waals surface area (Å²) < 4.78 is 53.0. The summed E-state index contributed by atoms with van der Waals surface area (Å²) in [7, 11) is 1.67. The number of ether oxygens (including phenoxy) is 2. The number of aryl methyl sites for hydroxylation is 1. The fraction of sp³-hybridized carbons (Fsp3) is 0.346. The van der Waals surface area contributed by atoms with Crippen molar-refractivity contribution in [3.8, 4) is 11.5 Å². The lowest BCUT2D eigenvalue weighted by molar-refractivity contribution is -0.138. The second-order valence-electron chi connectivity index (χ2n) is 9.06. The minimum absolute atomic E-state index is 0.0111. The number of imidazole rings is 1. The Morgan fingerprint density at radius 1 is 1.24 bits per heavy atom. The minimum atomic E-state index is -4.67. The van der Waals surface area contributed by atoms with Crippen LogP contribution in [0, 0.1) is 0 Å². The summed E-state index contributed by atoms with van der Waals surface area (Å²) in [6.07, 6.45) is -2.34. The third-order valence-corrected chi connectivity index (χ3v) is 6.23. The molecule has 0 bridgehead atoms. The van der Waals surface area contributed by atoms with Crippen molar-refractivity contribution in [3.05, 3.63) is 77.4 Å². The van der Waals surface area contributed by atoms with Gasteiger partial charge in [0.25, 0.3) is 5.91 Å². The molecule has 1 saturated heterocycles. The molecule has 9 nitrogen and oxygen atoms in total. The average Bonchev–Trinajstić information content (AvgIpc) is 3.52. The van der Waals surface area contributed by atoms with E-state index in [1.54, 1.807) is 29.9 Å². The van der Waals surface area contributed by atoms with Crippen molar-refractivity contribution >= 4 is 11.8 Å². The Balaban J connectivity index is 1.41. The van der Waals surface area contributed by atoms with Gasteiger partial charge in [-0.25, -0.2) is 4.98 Å². The number of amides is 2. The van der Waals surface area contributed by atoms with Crippen LogP contribution >= 0.6 is 0 Å². The highest BCUT2D eigenvalue weighted by Crippen LogP contribution is 2.39. The van der Waals surface area contributed by atoms with Gasteiger partial charge in [-0.2, -0.15) is 13.2 Å². The third-order valence-electron chi connectivity index (χ3n) is 6.23. The maximum Gasteiger partial charge on any atom is 0.419 e. The number of carbonyl (C=O) groups is 2. The molecule has 0 aliphatic carbocycles. The molecular formula is C26H27F3N4O5. The van der Waals surface area contributed by atoms with Gasteiger partial charge in [0.2, 0.25) is 5.91 Å². The van der Waals surface area contributed by atoms with Crippen LogP contribution in [0.5, 0.6) is 11.5 Å². The zero-order valence-corrected chi connectivity index (χ0v) is 20.7. The average molecular weight is 533 g/mol. The maximum atomic E-state index is 13.5. The molecule has 38 heavy (non-hydrogen) atoms. The van der Waals surface area contributed by atoms with E-state index < -0.39 is 40.9 Å². The standard InChI is InChI=1S/C26H27F3N4O5/c1-16(34)18-5-8-21(20(13-18)26(27,28)29)38-19-6-3-17(4-7-19)14-31-24(36)25(9-12-37-15-25)32-23(35)22-30-10-11-33(22)2/h3-8,10-11,13,16,34H,9,12,14-15H2,1-2H3,(H,31,36)(H,32,35). The zero-order valence-electron chi connectivity index (χ0n) is 20.7. The summed E-state index contributed by atoms with van der Waals surface area (Å²) in [5, 5.41) is 15.2. The van der Waals surface area contributed by atoms with Crippen molar-refractivity contribution in [2.75, 3.05) is 13.2 Å². The van der Waals surface area contributed by atoms with Gasteiger partial charge in [-0.05, 0) is 42.3 Å². The Hall–Kier alpha value is -3.90. The molecule has 202 valence electrons. The number of aliphatic hydroxyl groups excluding tert-OH is 1. The number of benzene rings is 2. The van der Waals surface area contributed by atoms with Gasteiger partial charge in [-0.15, -0.1) is 0 Å². The van der Waals surface area contributed by atoms with Crippen LogP contribution in [0.3, 0.4) is 0 Å². The minimum Gasteiger partial charge on any atom is -0.457 e. The smallest absolute Gasteiger partial charge is 0.419 e. The van der Waals surface area contributed by atoms with Crippen LogP contribution in [0.4, 0.5) is 13.2 Å². The number of hydrogen-bond donors (Lipinski definition) is 3. The fourth-order valence-corrected chi connectivity index (χ4v) is 4.03. The Labute approximate surface area is 216 Å². The predicted octanol–water partition coefficient (Wildman–Crippen LogP) is 3.49. The Bertz CT molecular complexity index is 1300. The van der Waals surface area contributed by atoms with E-state index in [0.29, 0.717) is 12.2 Å². The number of nitrogens with one attached hydrogen (secondary N) is 2. The quantitative estimate of drug-likeness (QED) is 0.409. The van der Waals surface area contributed by atoms with Crippen molar-refractivity contribution in [1.82, 2.24) is 20.2 Å². The van der Waals surface area contributed by atoms with Crippen molar-refractivity contribution in [3.63, 3.8) is 0 Å². The monoisotopic (exact) mass is 532 g/mol. The van der Waals surface area contributed by atoms with Crippen LogP contribution in [0.2, 0.25) is 0 Å². The number of hydrogen-bond acceptors (Lipinski definition) is 6. The molecule has 3 N–H and O–H groups in total. The lowest BCUT2D eigenvalue weighted by Gasteiger charge is -2.27. The van der Waals surface area contributed by atoms with Gasteiger partial charge in [-0.3, -0.25) is 9.59 Å². The summed E-state index contributed by atoms with van der Waals surface area (Å²) in [5.41, 5.74) is -1.46. The molecule has 4 rings (SSSR count). The fourth-order valence-electron chi connectivity index (χ4n) is 4.03. The predicted molar refractivity (Wildman–Crippen MR) is 129 cm³/mol. The normalized spacial score (nSPS) is 18.2. The van der Waals surface area contributed by atoms with Crippen molar-refractivity contribution in [1.29, 1.82) is 0 Å². The summed E-state index contributed by atoms with van der Waals surface area (Å²) in [6, 6.07) is 9.59. The molecule has 0 spiro atoms. The number of nitrogens with zero attached hydrogens (tertiary/aromatic N) is 2. The summed E-state index contributed by atoms with van der Waals surface area (Å²) in [6.45, 7) is 1.80. The number of aromatic nitrogens is 2. The van der Waals surface area contributed by atoms with Gasteiger partial charge < -0.3 is 29.8 Å². The molecule has 1 aliphatic rings. The first kappa shape index (κ1) is 27.1. The van der Waals surface area contributed by atoms with Gasteiger partial charge in [0.05, 0.1) is 18.3 Å². The van der Waals surface area contributed by atoms with Crippen LogP contribution in [0.15, 0.2) is 54.9 Å². The van der Waals surface area contributed by atoms with Crippen molar-refractivity contribution in [2.24, 2.45) is 7.05 Å². The topological polar surface area (TPSA) is 115 Å². The second kappa shape index (κ2) is 10.8. The summed E-state index contributed by atoms with van der Waals surface area (Å²) in [5.74, 6) is -0.993. The Morgan fingerprint density at radius 2 is 1.97 bits per heavy atom. The number of carbonyl (C=O) groups excluding carboxylic acids is 2.